The summed E-state index contributed by atoms with van der Waals surface area (Å²) in [4.78, 5) is 26.5. The Bertz CT molecular complexity index is 1070. The maximum absolute atomic E-state index is 12.7. The Morgan fingerprint density at radius 1 is 1.26 bits per heavy atom. The topological polar surface area (TPSA) is 112 Å². The molecule has 0 unspecified atom stereocenters. The molecule has 0 spiro atoms. The summed E-state index contributed by atoms with van der Waals surface area (Å²) < 4.78 is 6.78. The SMILES string of the molecule is COc1nc(N2CCNCC2)c2[nH]c(=O)n(Cc3ccccc3C#N)c2n1. The van der Waals surface area contributed by atoms with Crippen molar-refractivity contribution in [2.24, 2.45) is 0 Å². The lowest BCUT2D eigenvalue weighted by Crippen LogP contribution is -2.44. The number of hydrogen-bond acceptors (Lipinski definition) is 7. The monoisotopic (exact) mass is 365 g/mol. The van der Waals surface area contributed by atoms with Gasteiger partial charge in [-0.05, 0) is 11.6 Å². The van der Waals surface area contributed by atoms with Gasteiger partial charge in [-0.1, -0.05) is 18.2 Å². The lowest BCUT2D eigenvalue weighted by molar-refractivity contribution is 0.380. The third kappa shape index (κ3) is 3.11. The molecule has 138 valence electrons. The molecule has 3 aromatic rings. The third-order valence-electron chi connectivity index (χ3n) is 4.65. The molecule has 0 atom stereocenters. The summed E-state index contributed by atoms with van der Waals surface area (Å²) in [7, 11) is 1.50. The zero-order chi connectivity index (χ0) is 18.8. The molecule has 1 aliphatic rings. The average molecular weight is 365 g/mol. The number of nitriles is 1. The van der Waals surface area contributed by atoms with Crippen molar-refractivity contribution in [2.75, 3.05) is 38.2 Å². The van der Waals surface area contributed by atoms with Gasteiger partial charge in [-0.2, -0.15) is 15.2 Å². The van der Waals surface area contributed by atoms with Crippen molar-refractivity contribution < 1.29 is 4.74 Å². The van der Waals surface area contributed by atoms with Crippen molar-refractivity contribution in [3.05, 3.63) is 45.9 Å². The predicted molar refractivity (Wildman–Crippen MR) is 100 cm³/mol. The largest absolute Gasteiger partial charge is 0.467 e. The van der Waals surface area contributed by atoms with E-state index in [2.05, 4.69) is 31.2 Å². The van der Waals surface area contributed by atoms with E-state index in [1.807, 2.05) is 12.1 Å². The van der Waals surface area contributed by atoms with Crippen molar-refractivity contribution in [2.45, 2.75) is 6.54 Å². The standard InChI is InChI=1S/C18H19N7O2/c1-27-17-22-15(24-8-6-20-7-9-24)14-16(23-17)25(18(26)21-14)11-13-5-3-2-4-12(13)10-19/h2-5,20H,6-9,11H2,1H3,(H,21,26). The molecule has 4 rings (SSSR count). The maximum atomic E-state index is 12.7. The van der Waals surface area contributed by atoms with Gasteiger partial charge >= 0.3 is 11.7 Å². The highest BCUT2D eigenvalue weighted by atomic mass is 16.5. The Labute approximate surface area is 155 Å². The van der Waals surface area contributed by atoms with E-state index in [4.69, 9.17) is 4.74 Å². The number of imidazole rings is 1. The zero-order valence-corrected chi connectivity index (χ0v) is 14.9. The summed E-state index contributed by atoms with van der Waals surface area (Å²) in [5.41, 5.74) is 2.04. The molecule has 27 heavy (non-hydrogen) atoms. The van der Waals surface area contributed by atoms with Gasteiger partial charge in [0.1, 0.15) is 5.52 Å². The molecule has 1 fully saturated rings. The van der Waals surface area contributed by atoms with E-state index in [1.54, 1.807) is 12.1 Å². The number of nitrogens with zero attached hydrogens (tertiary/aromatic N) is 5. The Morgan fingerprint density at radius 2 is 2.04 bits per heavy atom. The maximum Gasteiger partial charge on any atom is 0.328 e. The van der Waals surface area contributed by atoms with Gasteiger partial charge < -0.3 is 19.9 Å². The summed E-state index contributed by atoms with van der Waals surface area (Å²) in [6, 6.07) is 9.58. The van der Waals surface area contributed by atoms with Crippen LogP contribution in [0.5, 0.6) is 6.01 Å². The molecule has 9 heteroatoms. The summed E-state index contributed by atoms with van der Waals surface area (Å²) in [5, 5.41) is 12.6. The Kier molecular flexibility index (Phi) is 4.48. The van der Waals surface area contributed by atoms with Crippen molar-refractivity contribution >= 4 is 17.0 Å². The number of methoxy groups -OCH3 is 1. The van der Waals surface area contributed by atoms with Crippen LogP contribution in [0, 0.1) is 11.3 Å². The molecule has 0 radical (unpaired) electrons. The van der Waals surface area contributed by atoms with Gasteiger partial charge in [0, 0.05) is 26.2 Å². The molecule has 2 aromatic heterocycles. The second kappa shape index (κ2) is 7.09. The lowest BCUT2D eigenvalue weighted by atomic mass is 10.1. The molecule has 0 aliphatic carbocycles. The van der Waals surface area contributed by atoms with Crippen LogP contribution in [0.15, 0.2) is 29.1 Å². The van der Waals surface area contributed by atoms with Crippen LogP contribution < -0.4 is 20.6 Å². The predicted octanol–water partition coefficient (Wildman–Crippen LogP) is 0.458. The third-order valence-corrected chi connectivity index (χ3v) is 4.65. The Hall–Kier alpha value is -3.38. The molecular weight excluding hydrogens is 346 g/mol. The number of benzene rings is 1. The zero-order valence-electron chi connectivity index (χ0n) is 14.9. The Morgan fingerprint density at radius 3 is 2.78 bits per heavy atom. The first-order valence-corrected chi connectivity index (χ1v) is 8.69. The van der Waals surface area contributed by atoms with Crippen molar-refractivity contribution in [3.8, 4) is 12.1 Å². The summed E-state index contributed by atoms with van der Waals surface area (Å²) in [6.07, 6.45) is 0. The van der Waals surface area contributed by atoms with Crippen LogP contribution in [0.1, 0.15) is 11.1 Å². The van der Waals surface area contributed by atoms with Gasteiger partial charge in [-0.3, -0.25) is 4.57 Å². The highest BCUT2D eigenvalue weighted by Gasteiger charge is 2.21. The molecule has 1 aromatic carbocycles. The van der Waals surface area contributed by atoms with Crippen LogP contribution in [0.25, 0.3) is 11.2 Å². The quantitative estimate of drug-likeness (QED) is 0.691. The fraction of sp³-hybridized carbons (Fsp3) is 0.333. The van der Waals surface area contributed by atoms with Crippen molar-refractivity contribution in [1.82, 2.24) is 24.8 Å². The fourth-order valence-corrected chi connectivity index (χ4v) is 3.28. The van der Waals surface area contributed by atoms with Gasteiger partial charge in [0.2, 0.25) is 0 Å². The van der Waals surface area contributed by atoms with E-state index in [0.717, 1.165) is 31.7 Å². The molecule has 0 bridgehead atoms. The molecular formula is C18H19N7O2. The first-order valence-electron chi connectivity index (χ1n) is 8.69. The lowest BCUT2D eigenvalue weighted by Gasteiger charge is -2.28. The van der Waals surface area contributed by atoms with Crippen LogP contribution >= 0.6 is 0 Å². The molecule has 1 saturated heterocycles. The number of rotatable bonds is 4. The van der Waals surface area contributed by atoms with Crippen molar-refractivity contribution in [3.63, 3.8) is 0 Å². The summed E-state index contributed by atoms with van der Waals surface area (Å²) >= 11 is 0. The second-order valence-corrected chi connectivity index (χ2v) is 6.25. The van der Waals surface area contributed by atoms with Crippen LogP contribution in [0.2, 0.25) is 0 Å². The number of fused-ring (bicyclic) bond motifs is 1. The van der Waals surface area contributed by atoms with Crippen LogP contribution in [-0.4, -0.2) is 52.8 Å². The molecule has 0 amide bonds. The minimum Gasteiger partial charge on any atom is -0.467 e. The summed E-state index contributed by atoms with van der Waals surface area (Å²) in [6.45, 7) is 3.48. The van der Waals surface area contributed by atoms with E-state index < -0.39 is 0 Å². The van der Waals surface area contributed by atoms with E-state index in [0.29, 0.717) is 22.5 Å². The number of anilines is 1. The van der Waals surface area contributed by atoms with Gasteiger partial charge in [0.25, 0.3) is 0 Å². The highest BCUT2D eigenvalue weighted by Crippen LogP contribution is 2.25. The van der Waals surface area contributed by atoms with E-state index in [9.17, 15) is 10.1 Å². The number of aromatic nitrogens is 4. The normalized spacial score (nSPS) is 14.3. The molecule has 1 aliphatic heterocycles. The van der Waals surface area contributed by atoms with Crippen LogP contribution in [0.3, 0.4) is 0 Å². The number of H-pyrrole nitrogens is 1. The number of hydrogen-bond donors (Lipinski definition) is 2. The molecule has 9 nitrogen and oxygen atoms in total. The molecule has 0 saturated carbocycles. The minimum atomic E-state index is -0.295. The average Bonchev–Trinajstić information content (AvgIpc) is 3.03. The number of aromatic amines is 1. The van der Waals surface area contributed by atoms with Gasteiger partial charge in [-0.15, -0.1) is 0 Å². The van der Waals surface area contributed by atoms with Crippen LogP contribution in [-0.2, 0) is 6.54 Å². The van der Waals surface area contributed by atoms with Gasteiger partial charge in [-0.25, -0.2) is 4.79 Å². The van der Waals surface area contributed by atoms with Crippen LogP contribution in [0.4, 0.5) is 5.82 Å². The van der Waals surface area contributed by atoms with Gasteiger partial charge in [0.05, 0.1) is 25.3 Å². The second-order valence-electron chi connectivity index (χ2n) is 6.25. The number of ether oxygens (including phenoxy) is 1. The smallest absolute Gasteiger partial charge is 0.328 e. The van der Waals surface area contributed by atoms with E-state index >= 15 is 0 Å². The fourth-order valence-electron chi connectivity index (χ4n) is 3.28. The minimum absolute atomic E-state index is 0.206. The Balaban J connectivity index is 1.86. The number of nitrogens with one attached hydrogen (secondary N) is 2. The first-order chi connectivity index (χ1) is 13.2. The van der Waals surface area contributed by atoms with Crippen molar-refractivity contribution in [1.29, 1.82) is 5.26 Å². The molecule has 3 heterocycles. The highest BCUT2D eigenvalue weighted by molar-refractivity contribution is 5.84. The molecule has 2 N–H and O–H groups in total. The van der Waals surface area contributed by atoms with Gasteiger partial charge in [0.15, 0.2) is 11.5 Å². The van der Waals surface area contributed by atoms with E-state index in [1.165, 1.54) is 11.7 Å². The van der Waals surface area contributed by atoms with E-state index in [-0.39, 0.29) is 18.2 Å². The number of piperazine rings is 1. The summed E-state index contributed by atoms with van der Waals surface area (Å²) in [5.74, 6) is 0.655. The first kappa shape index (κ1) is 17.1.